The minimum absolute atomic E-state index is 0.0986. The molecule has 1 aromatic heterocycles. The molecule has 3 aromatic rings. The van der Waals surface area contributed by atoms with E-state index in [9.17, 15) is 9.18 Å². The molecule has 1 aliphatic heterocycles. The van der Waals surface area contributed by atoms with Crippen LogP contribution in [0.1, 0.15) is 58.8 Å². The van der Waals surface area contributed by atoms with E-state index in [0.29, 0.717) is 23.5 Å². The van der Waals surface area contributed by atoms with Crippen molar-refractivity contribution in [3.8, 4) is 11.3 Å². The van der Waals surface area contributed by atoms with Crippen LogP contribution in [0, 0.1) is 18.7 Å². The lowest BCUT2D eigenvalue weighted by molar-refractivity contribution is 0.0122. The third kappa shape index (κ3) is 4.00. The zero-order valence-electron chi connectivity index (χ0n) is 19.3. The van der Waals surface area contributed by atoms with Gasteiger partial charge in [0.05, 0.1) is 23.3 Å². The van der Waals surface area contributed by atoms with Gasteiger partial charge in [0.15, 0.2) is 0 Å². The average molecular weight is 497 g/mol. The Hall–Kier alpha value is -2.90. The van der Waals surface area contributed by atoms with Crippen molar-refractivity contribution in [3.05, 3.63) is 69.7 Å². The van der Waals surface area contributed by atoms with Crippen LogP contribution in [0.4, 0.5) is 10.1 Å². The molecule has 0 radical (unpaired) electrons. The number of hydrogen-bond acceptors (Lipinski definition) is 5. The molecule has 1 saturated heterocycles. The summed E-state index contributed by atoms with van der Waals surface area (Å²) in [5.41, 5.74) is 4.14. The lowest BCUT2D eigenvalue weighted by atomic mass is 10.00. The largest absolute Gasteiger partial charge is 0.478 e. The monoisotopic (exact) mass is 496 g/mol. The van der Waals surface area contributed by atoms with Crippen LogP contribution in [-0.4, -0.2) is 34.9 Å². The summed E-state index contributed by atoms with van der Waals surface area (Å²) in [5, 5.41) is 14.2. The molecule has 3 fully saturated rings. The van der Waals surface area contributed by atoms with Gasteiger partial charge in [-0.1, -0.05) is 28.9 Å². The summed E-state index contributed by atoms with van der Waals surface area (Å²) in [6.45, 7) is 3.20. The van der Waals surface area contributed by atoms with Crippen molar-refractivity contribution in [1.82, 2.24) is 5.16 Å². The highest BCUT2D eigenvalue weighted by Crippen LogP contribution is 2.47. The van der Waals surface area contributed by atoms with Crippen molar-refractivity contribution in [2.45, 2.75) is 57.3 Å². The Morgan fingerprint density at radius 3 is 2.77 bits per heavy atom. The first-order valence-corrected chi connectivity index (χ1v) is 12.4. The summed E-state index contributed by atoms with van der Waals surface area (Å²) in [7, 11) is 0. The Kier molecular flexibility index (Phi) is 5.57. The molecule has 3 aliphatic rings. The fourth-order valence-corrected chi connectivity index (χ4v) is 6.04. The Bertz CT molecular complexity index is 1280. The van der Waals surface area contributed by atoms with E-state index in [4.69, 9.17) is 26.0 Å². The summed E-state index contributed by atoms with van der Waals surface area (Å²) < 4.78 is 26.5. The second kappa shape index (κ2) is 8.64. The second-order valence-corrected chi connectivity index (χ2v) is 10.3. The Morgan fingerprint density at radius 1 is 1.29 bits per heavy atom. The van der Waals surface area contributed by atoms with Crippen molar-refractivity contribution in [1.29, 1.82) is 0 Å². The molecule has 0 unspecified atom stereocenters. The fraction of sp³-hybridized carbons (Fsp3) is 0.407. The number of ether oxygens (including phenoxy) is 1. The maximum Gasteiger partial charge on any atom is 0.338 e. The number of aromatic nitrogens is 1. The van der Waals surface area contributed by atoms with E-state index in [1.54, 1.807) is 6.07 Å². The summed E-state index contributed by atoms with van der Waals surface area (Å²) in [6.07, 6.45) is 4.12. The van der Waals surface area contributed by atoms with Crippen LogP contribution in [0.25, 0.3) is 11.3 Å². The Morgan fingerprint density at radius 2 is 2.11 bits per heavy atom. The maximum atomic E-state index is 14.2. The number of carboxylic acids is 1. The van der Waals surface area contributed by atoms with E-state index >= 15 is 0 Å². The van der Waals surface area contributed by atoms with Crippen molar-refractivity contribution in [3.63, 3.8) is 0 Å². The number of carbonyl (C=O) groups is 1. The Balaban J connectivity index is 1.18. The SMILES string of the molecule is Cc1cccc(Cl)c1-c1noc(C2CC2)c1CO[C@@H]1C[C@@H]2C[C@H]1CN2c1ccc(C(=O)O)c(F)c1. The van der Waals surface area contributed by atoms with Gasteiger partial charge in [-0.15, -0.1) is 0 Å². The molecule has 6 rings (SSSR count). The number of nitrogens with zero attached hydrogens (tertiary/aromatic N) is 2. The molecular formula is C27H26ClFN2O4. The van der Waals surface area contributed by atoms with E-state index in [2.05, 4.69) is 10.1 Å². The van der Waals surface area contributed by atoms with Gasteiger partial charge in [0.1, 0.15) is 17.3 Å². The van der Waals surface area contributed by atoms with Gasteiger partial charge in [-0.2, -0.15) is 0 Å². The number of hydrogen-bond donors (Lipinski definition) is 1. The highest BCUT2D eigenvalue weighted by Gasteiger charge is 2.46. The van der Waals surface area contributed by atoms with E-state index in [0.717, 1.165) is 66.1 Å². The van der Waals surface area contributed by atoms with Crippen LogP contribution in [0.5, 0.6) is 0 Å². The van der Waals surface area contributed by atoms with Gasteiger partial charge in [-0.3, -0.25) is 0 Å². The van der Waals surface area contributed by atoms with Crippen LogP contribution in [0.3, 0.4) is 0 Å². The summed E-state index contributed by atoms with van der Waals surface area (Å²) in [6, 6.07) is 10.4. The van der Waals surface area contributed by atoms with Gasteiger partial charge in [0.25, 0.3) is 0 Å². The number of piperidine rings is 1. The van der Waals surface area contributed by atoms with Crippen LogP contribution in [-0.2, 0) is 11.3 Å². The normalized spacial score (nSPS) is 23.3. The first-order valence-electron chi connectivity index (χ1n) is 12.1. The molecule has 2 saturated carbocycles. The molecule has 35 heavy (non-hydrogen) atoms. The molecule has 0 spiro atoms. The molecule has 6 nitrogen and oxygen atoms in total. The quantitative estimate of drug-likeness (QED) is 0.419. The molecule has 2 aromatic carbocycles. The summed E-state index contributed by atoms with van der Waals surface area (Å²) >= 11 is 6.54. The molecule has 3 atom stereocenters. The summed E-state index contributed by atoms with van der Waals surface area (Å²) in [4.78, 5) is 13.3. The lowest BCUT2D eigenvalue weighted by Gasteiger charge is -2.33. The average Bonchev–Trinajstić information content (AvgIpc) is 3.28. The molecule has 8 heteroatoms. The zero-order valence-corrected chi connectivity index (χ0v) is 20.1. The number of halogens is 2. The van der Waals surface area contributed by atoms with Gasteiger partial charge in [-0.05, 0) is 62.4 Å². The number of aromatic carboxylic acids is 1. The third-order valence-electron chi connectivity index (χ3n) is 7.66. The maximum absolute atomic E-state index is 14.2. The van der Waals surface area contributed by atoms with Crippen LogP contribution < -0.4 is 4.90 Å². The van der Waals surface area contributed by atoms with E-state index in [1.165, 1.54) is 12.1 Å². The first-order chi connectivity index (χ1) is 16.9. The van der Waals surface area contributed by atoms with Crippen LogP contribution >= 0.6 is 11.6 Å². The van der Waals surface area contributed by atoms with Crippen molar-refractivity contribution < 1.29 is 23.6 Å². The van der Waals surface area contributed by atoms with Crippen molar-refractivity contribution in [2.75, 3.05) is 11.4 Å². The minimum Gasteiger partial charge on any atom is -0.478 e. The van der Waals surface area contributed by atoms with Gasteiger partial charge in [0.2, 0.25) is 0 Å². The molecule has 2 bridgehead atoms. The van der Waals surface area contributed by atoms with Crippen LogP contribution in [0.15, 0.2) is 40.9 Å². The van der Waals surface area contributed by atoms with Gasteiger partial charge in [-0.25, -0.2) is 9.18 Å². The molecule has 182 valence electrons. The number of anilines is 1. The topological polar surface area (TPSA) is 75.8 Å². The van der Waals surface area contributed by atoms with Gasteiger partial charge >= 0.3 is 5.97 Å². The molecule has 2 heterocycles. The van der Waals surface area contributed by atoms with Crippen LogP contribution in [0.2, 0.25) is 5.02 Å². The fourth-order valence-electron chi connectivity index (χ4n) is 5.73. The first kappa shape index (κ1) is 22.6. The standard InChI is InChI=1S/C27H26ClFN2O4/c1-14-3-2-4-21(28)24(14)25-20(26(35-30-25)15-5-6-15)13-34-23-11-18-9-16(23)12-31(18)17-7-8-19(27(32)33)22(29)10-17/h2-4,7-8,10,15-16,18,23H,5-6,9,11-13H2,1H3,(H,32,33)/t16-,18-,23+/m0/s1. The van der Waals surface area contributed by atoms with E-state index < -0.39 is 11.8 Å². The van der Waals surface area contributed by atoms with Gasteiger partial charge in [0, 0.05) is 41.2 Å². The number of aryl methyl sites for hydroxylation is 1. The minimum atomic E-state index is -1.25. The molecule has 2 aliphatic carbocycles. The molecule has 0 amide bonds. The number of rotatable bonds is 7. The number of fused-ring (bicyclic) bond motifs is 2. The molecular weight excluding hydrogens is 471 g/mol. The summed E-state index contributed by atoms with van der Waals surface area (Å²) in [5.74, 6) is -0.309. The van der Waals surface area contributed by atoms with E-state index in [-0.39, 0.29) is 17.7 Å². The van der Waals surface area contributed by atoms with Gasteiger partial charge < -0.3 is 19.3 Å². The predicted molar refractivity (Wildman–Crippen MR) is 129 cm³/mol. The van der Waals surface area contributed by atoms with Crippen molar-refractivity contribution in [2.24, 2.45) is 5.92 Å². The highest BCUT2D eigenvalue weighted by molar-refractivity contribution is 6.33. The lowest BCUT2D eigenvalue weighted by Crippen LogP contribution is -2.38. The zero-order chi connectivity index (χ0) is 24.3. The van der Waals surface area contributed by atoms with E-state index in [1.807, 2.05) is 25.1 Å². The third-order valence-corrected chi connectivity index (χ3v) is 7.97. The highest BCUT2D eigenvalue weighted by atomic mass is 35.5. The number of carboxylic acid groups (broad SMARTS) is 1. The second-order valence-electron chi connectivity index (χ2n) is 9.94. The smallest absolute Gasteiger partial charge is 0.338 e. The van der Waals surface area contributed by atoms with Crippen molar-refractivity contribution >= 4 is 23.3 Å². The predicted octanol–water partition coefficient (Wildman–Crippen LogP) is 6.20. The molecule has 1 N–H and O–H groups in total. The Labute approximate surface area is 207 Å². The number of benzene rings is 2.